The van der Waals surface area contributed by atoms with Crippen molar-refractivity contribution >= 4 is 45.0 Å². The van der Waals surface area contributed by atoms with Gasteiger partial charge in [-0.2, -0.15) is 13.2 Å². The zero-order valence-electron chi connectivity index (χ0n) is 21.1. The first-order valence-corrected chi connectivity index (χ1v) is 13.7. The summed E-state index contributed by atoms with van der Waals surface area (Å²) in [5.41, 5.74) is -1.21. The quantitative estimate of drug-likeness (QED) is 0.360. The summed E-state index contributed by atoms with van der Waals surface area (Å²) in [4.78, 5) is 38.2. The summed E-state index contributed by atoms with van der Waals surface area (Å²) < 4.78 is 87.9. The lowest BCUT2D eigenvalue weighted by Crippen LogP contribution is -2.60. The number of aryl methyl sites for hydroxylation is 1. The minimum absolute atomic E-state index is 0.0217. The Morgan fingerprint density at radius 3 is 2.45 bits per heavy atom. The third-order valence-corrected chi connectivity index (χ3v) is 8.53. The van der Waals surface area contributed by atoms with E-state index >= 15 is 0 Å². The zero-order chi connectivity index (χ0) is 29.6. The first-order valence-electron chi connectivity index (χ1n) is 11.8. The van der Waals surface area contributed by atoms with Gasteiger partial charge in [-0.1, -0.05) is 11.6 Å². The van der Waals surface area contributed by atoms with Crippen LogP contribution >= 0.6 is 11.6 Å². The summed E-state index contributed by atoms with van der Waals surface area (Å²) in [7, 11) is -2.81. The molecular formula is C23H24ClF4N5O6S. The van der Waals surface area contributed by atoms with E-state index in [0.29, 0.717) is 6.92 Å². The van der Waals surface area contributed by atoms with E-state index in [-0.39, 0.29) is 59.6 Å². The SMILES string of the molecule is CC(NC(=O)C(=O)N1CCC2(CC1)COc1c(cn(C)c1C(=O)Nc1ccc(F)c(Cl)c1)S(=O)(=O)N2)C(F)(F)F. The molecule has 0 radical (unpaired) electrons. The zero-order valence-corrected chi connectivity index (χ0v) is 22.6. The standard InChI is InChI=1S/C23H24ClF4N5O6S/c1-12(23(26,27)28)29-20(35)21(36)33-7-5-22(6-8-33)11-39-18-16(40(37,38)31-22)10-32(2)17(18)19(34)30-13-3-4-15(25)14(24)9-13/h3-4,9-10,12,31H,5-8,11H2,1-2H3,(H,29,35)(H,30,34). The highest BCUT2D eigenvalue weighted by Crippen LogP contribution is 2.37. The normalized spacial score (nSPS) is 18.7. The molecule has 11 nitrogen and oxygen atoms in total. The predicted molar refractivity (Wildman–Crippen MR) is 133 cm³/mol. The van der Waals surface area contributed by atoms with E-state index in [9.17, 15) is 40.4 Å². The van der Waals surface area contributed by atoms with Crippen LogP contribution < -0.4 is 20.1 Å². The molecule has 0 aliphatic carbocycles. The highest BCUT2D eigenvalue weighted by molar-refractivity contribution is 7.89. The molecule has 0 bridgehead atoms. The fourth-order valence-electron chi connectivity index (χ4n) is 4.38. The number of amides is 3. The van der Waals surface area contributed by atoms with E-state index in [1.165, 1.54) is 29.9 Å². The number of benzene rings is 1. The lowest BCUT2D eigenvalue weighted by Gasteiger charge is -2.40. The van der Waals surface area contributed by atoms with Crippen molar-refractivity contribution in [3.8, 4) is 5.75 Å². The molecule has 1 aromatic carbocycles. The third-order valence-electron chi connectivity index (χ3n) is 6.67. The lowest BCUT2D eigenvalue weighted by molar-refractivity contribution is -0.162. The number of hydrogen-bond acceptors (Lipinski definition) is 6. The van der Waals surface area contributed by atoms with Gasteiger partial charge in [-0.3, -0.25) is 14.4 Å². The van der Waals surface area contributed by atoms with Gasteiger partial charge in [0.05, 0.1) is 10.6 Å². The van der Waals surface area contributed by atoms with Gasteiger partial charge in [-0.05, 0) is 38.0 Å². The second kappa shape index (κ2) is 10.6. The first kappa shape index (κ1) is 29.6. The number of aromatic nitrogens is 1. The van der Waals surface area contributed by atoms with Gasteiger partial charge >= 0.3 is 18.0 Å². The van der Waals surface area contributed by atoms with Gasteiger partial charge < -0.3 is 24.8 Å². The predicted octanol–water partition coefficient (Wildman–Crippen LogP) is 2.17. The van der Waals surface area contributed by atoms with Gasteiger partial charge in [0.25, 0.3) is 5.91 Å². The number of anilines is 1. The molecule has 218 valence electrons. The van der Waals surface area contributed by atoms with Crippen LogP contribution in [0.3, 0.4) is 0 Å². The minimum Gasteiger partial charge on any atom is -0.488 e. The Labute approximate surface area is 230 Å². The maximum atomic E-state index is 13.5. The van der Waals surface area contributed by atoms with Crippen LogP contribution in [0.4, 0.5) is 23.2 Å². The summed E-state index contributed by atoms with van der Waals surface area (Å²) in [6, 6.07) is 1.28. The number of alkyl halides is 3. The van der Waals surface area contributed by atoms with Crippen molar-refractivity contribution in [3.63, 3.8) is 0 Å². The van der Waals surface area contributed by atoms with Crippen LogP contribution in [0.25, 0.3) is 0 Å². The number of sulfonamides is 1. The molecule has 2 aliphatic rings. The number of halogens is 5. The van der Waals surface area contributed by atoms with Gasteiger partial charge in [-0.15, -0.1) is 0 Å². The first-order chi connectivity index (χ1) is 18.5. The van der Waals surface area contributed by atoms with Gasteiger partial charge in [0.2, 0.25) is 10.0 Å². The molecule has 17 heteroatoms. The van der Waals surface area contributed by atoms with E-state index in [4.69, 9.17) is 16.3 Å². The van der Waals surface area contributed by atoms with Crippen molar-refractivity contribution in [1.82, 2.24) is 19.5 Å². The summed E-state index contributed by atoms with van der Waals surface area (Å²) in [6.45, 7) is 0.171. The molecule has 1 unspecified atom stereocenters. The van der Waals surface area contributed by atoms with Crippen molar-refractivity contribution in [2.75, 3.05) is 25.0 Å². The van der Waals surface area contributed by atoms with E-state index in [1.807, 2.05) is 0 Å². The number of carbonyl (C=O) groups excluding carboxylic acids is 3. The Morgan fingerprint density at radius 2 is 1.85 bits per heavy atom. The van der Waals surface area contributed by atoms with Gasteiger partial charge in [-0.25, -0.2) is 17.5 Å². The van der Waals surface area contributed by atoms with Crippen LogP contribution in [0.2, 0.25) is 5.02 Å². The fourth-order valence-corrected chi connectivity index (χ4v) is 6.20. The molecule has 3 heterocycles. The lowest BCUT2D eigenvalue weighted by atomic mass is 9.89. The summed E-state index contributed by atoms with van der Waals surface area (Å²) >= 11 is 5.76. The van der Waals surface area contributed by atoms with E-state index in [1.54, 1.807) is 5.32 Å². The average molecular weight is 610 g/mol. The smallest absolute Gasteiger partial charge is 0.408 e. The van der Waals surface area contributed by atoms with Crippen LogP contribution in [0.15, 0.2) is 29.3 Å². The van der Waals surface area contributed by atoms with Crippen LogP contribution in [0, 0.1) is 5.82 Å². The maximum Gasteiger partial charge on any atom is 0.408 e. The molecule has 3 amide bonds. The number of hydrogen-bond donors (Lipinski definition) is 3. The molecule has 1 fully saturated rings. The highest BCUT2D eigenvalue weighted by Gasteiger charge is 2.46. The number of likely N-dealkylation sites (tertiary alicyclic amines) is 1. The van der Waals surface area contributed by atoms with Gasteiger partial charge in [0.1, 0.15) is 23.4 Å². The Hall–Kier alpha value is -3.37. The highest BCUT2D eigenvalue weighted by atomic mass is 35.5. The second-order valence-electron chi connectivity index (χ2n) is 9.57. The molecule has 4 rings (SSSR count). The number of nitrogens with one attached hydrogen (secondary N) is 3. The molecule has 1 aromatic heterocycles. The number of piperidine rings is 1. The van der Waals surface area contributed by atoms with Crippen LogP contribution in [-0.2, 0) is 26.7 Å². The largest absolute Gasteiger partial charge is 0.488 e. The second-order valence-corrected chi connectivity index (χ2v) is 11.6. The number of carbonyl (C=O) groups is 3. The molecule has 40 heavy (non-hydrogen) atoms. The van der Waals surface area contributed by atoms with Crippen molar-refractivity contribution in [2.45, 2.75) is 42.4 Å². The molecule has 1 saturated heterocycles. The van der Waals surface area contributed by atoms with Gasteiger partial charge in [0, 0.05) is 32.0 Å². The van der Waals surface area contributed by atoms with E-state index in [2.05, 4.69) is 10.0 Å². The van der Waals surface area contributed by atoms with Crippen LogP contribution in [-0.4, -0.2) is 73.1 Å². The Morgan fingerprint density at radius 1 is 1.20 bits per heavy atom. The third kappa shape index (κ3) is 5.88. The summed E-state index contributed by atoms with van der Waals surface area (Å²) in [5, 5.41) is 3.89. The van der Waals surface area contributed by atoms with E-state index < -0.39 is 51.3 Å². The number of rotatable bonds is 3. The van der Waals surface area contributed by atoms with Crippen molar-refractivity contribution < 1.29 is 45.1 Å². The molecule has 1 spiro atoms. The molecule has 3 N–H and O–H groups in total. The monoisotopic (exact) mass is 609 g/mol. The summed E-state index contributed by atoms with van der Waals surface area (Å²) in [6.07, 6.45) is -3.58. The maximum absolute atomic E-state index is 13.5. The molecule has 2 aliphatic heterocycles. The minimum atomic E-state index is -4.73. The van der Waals surface area contributed by atoms with Crippen LogP contribution in [0.1, 0.15) is 30.3 Å². The average Bonchev–Trinajstić information content (AvgIpc) is 3.16. The van der Waals surface area contributed by atoms with Gasteiger partial charge in [0.15, 0.2) is 11.4 Å². The van der Waals surface area contributed by atoms with Crippen molar-refractivity contribution in [1.29, 1.82) is 0 Å². The topological polar surface area (TPSA) is 139 Å². The Balaban J connectivity index is 1.49. The number of ether oxygens (including phenoxy) is 1. The molecule has 2 aromatic rings. The van der Waals surface area contributed by atoms with E-state index in [0.717, 1.165) is 11.0 Å². The Kier molecular flexibility index (Phi) is 7.81. The fraction of sp³-hybridized carbons (Fsp3) is 0.435. The van der Waals surface area contributed by atoms with Crippen LogP contribution in [0.5, 0.6) is 5.75 Å². The van der Waals surface area contributed by atoms with Crippen molar-refractivity contribution in [3.05, 3.63) is 40.9 Å². The van der Waals surface area contributed by atoms with Crippen molar-refractivity contribution in [2.24, 2.45) is 7.05 Å². The molecular weight excluding hydrogens is 586 g/mol. The number of fused-ring (bicyclic) bond motifs is 1. The summed E-state index contributed by atoms with van der Waals surface area (Å²) in [5.74, 6) is -4.27. The molecule has 0 saturated carbocycles. The number of nitrogens with zero attached hydrogens (tertiary/aromatic N) is 2. The molecule has 1 atom stereocenters. The Bertz CT molecular complexity index is 1470.